The number of hydrogen-bond acceptors (Lipinski definition) is 2. The lowest BCUT2D eigenvalue weighted by molar-refractivity contribution is -0.135. The van der Waals surface area contributed by atoms with E-state index < -0.39 is 5.97 Å². The number of aliphatic carboxylic acids is 1. The molecular formula is C17H18ClNO2. The van der Waals surface area contributed by atoms with Gasteiger partial charge in [-0.2, -0.15) is 0 Å². The zero-order valence-corrected chi connectivity index (χ0v) is 12.6. The topological polar surface area (TPSA) is 40.5 Å². The first kappa shape index (κ1) is 15.4. The summed E-state index contributed by atoms with van der Waals surface area (Å²) in [6.07, 6.45) is 0.819. The van der Waals surface area contributed by atoms with Gasteiger partial charge in [-0.1, -0.05) is 48.9 Å². The first-order chi connectivity index (χ1) is 10.1. The number of rotatable bonds is 6. The minimum Gasteiger partial charge on any atom is -0.480 e. The number of anilines is 1. The van der Waals surface area contributed by atoms with Crippen LogP contribution in [-0.4, -0.2) is 17.6 Å². The van der Waals surface area contributed by atoms with Gasteiger partial charge < -0.3 is 10.0 Å². The smallest absolute Gasteiger partial charge is 0.323 e. The lowest BCUT2D eigenvalue weighted by atomic mass is 10.0. The highest BCUT2D eigenvalue weighted by molar-refractivity contribution is 6.30. The summed E-state index contributed by atoms with van der Waals surface area (Å²) in [6.45, 7) is 2.01. The van der Waals surface area contributed by atoms with Crippen LogP contribution in [0.2, 0.25) is 5.02 Å². The van der Waals surface area contributed by atoms with E-state index in [2.05, 4.69) is 6.92 Å². The van der Waals surface area contributed by atoms with Gasteiger partial charge in [0.15, 0.2) is 0 Å². The highest BCUT2D eigenvalue weighted by atomic mass is 35.5. The van der Waals surface area contributed by atoms with Crippen molar-refractivity contribution in [3.8, 4) is 0 Å². The monoisotopic (exact) mass is 303 g/mol. The molecule has 0 aromatic heterocycles. The zero-order chi connectivity index (χ0) is 15.2. The van der Waals surface area contributed by atoms with E-state index in [1.54, 1.807) is 12.1 Å². The van der Waals surface area contributed by atoms with E-state index in [1.807, 2.05) is 47.4 Å². The van der Waals surface area contributed by atoms with Gasteiger partial charge in [-0.25, -0.2) is 0 Å². The van der Waals surface area contributed by atoms with Crippen LogP contribution < -0.4 is 4.90 Å². The fourth-order valence-corrected chi connectivity index (χ4v) is 2.60. The second-order valence-electron chi connectivity index (χ2n) is 4.83. The van der Waals surface area contributed by atoms with Gasteiger partial charge in [0.25, 0.3) is 0 Å². The Hall–Kier alpha value is -2.00. The number of halogens is 1. The van der Waals surface area contributed by atoms with Gasteiger partial charge in [-0.05, 0) is 36.2 Å². The van der Waals surface area contributed by atoms with Crippen LogP contribution in [0.1, 0.15) is 24.9 Å². The van der Waals surface area contributed by atoms with Crippen molar-refractivity contribution in [2.75, 3.05) is 11.4 Å². The van der Waals surface area contributed by atoms with Gasteiger partial charge in [-0.15, -0.1) is 0 Å². The first-order valence-electron chi connectivity index (χ1n) is 6.90. The molecular weight excluding hydrogens is 286 g/mol. The number of carbonyl (C=O) groups is 1. The van der Waals surface area contributed by atoms with E-state index in [4.69, 9.17) is 11.6 Å². The summed E-state index contributed by atoms with van der Waals surface area (Å²) in [4.78, 5) is 13.1. The molecule has 0 radical (unpaired) electrons. The lowest BCUT2D eigenvalue weighted by Gasteiger charge is -2.32. The van der Waals surface area contributed by atoms with E-state index >= 15 is 0 Å². The number of carboxylic acid groups (broad SMARTS) is 1. The van der Waals surface area contributed by atoms with E-state index in [0.29, 0.717) is 5.02 Å². The van der Waals surface area contributed by atoms with Crippen LogP contribution >= 0.6 is 11.6 Å². The van der Waals surface area contributed by atoms with Crippen molar-refractivity contribution in [1.82, 2.24) is 0 Å². The van der Waals surface area contributed by atoms with Crippen molar-refractivity contribution in [2.45, 2.75) is 19.4 Å². The summed E-state index contributed by atoms with van der Waals surface area (Å²) in [6, 6.07) is 17.2. The largest absolute Gasteiger partial charge is 0.480 e. The van der Waals surface area contributed by atoms with Crippen molar-refractivity contribution >= 4 is 23.3 Å². The van der Waals surface area contributed by atoms with Crippen molar-refractivity contribution in [2.24, 2.45) is 0 Å². The quantitative estimate of drug-likeness (QED) is 0.861. The van der Waals surface area contributed by atoms with Gasteiger partial charge in [0.2, 0.25) is 0 Å². The maximum Gasteiger partial charge on any atom is 0.323 e. The molecule has 0 aliphatic carbocycles. The Kier molecular flexibility index (Phi) is 5.23. The van der Waals surface area contributed by atoms with Crippen LogP contribution in [-0.2, 0) is 4.79 Å². The molecule has 2 aromatic rings. The predicted octanol–water partition coefficient (Wildman–Crippen LogP) is 4.38. The molecule has 21 heavy (non-hydrogen) atoms. The highest BCUT2D eigenvalue weighted by Gasteiger charge is 2.21. The lowest BCUT2D eigenvalue weighted by Crippen LogP contribution is -2.33. The molecule has 0 spiro atoms. The highest BCUT2D eigenvalue weighted by Crippen LogP contribution is 2.30. The SMILES string of the molecule is CCC(c1ccccc1)N(CC(=O)O)c1ccc(Cl)cc1. The van der Waals surface area contributed by atoms with Crippen molar-refractivity contribution in [3.63, 3.8) is 0 Å². The summed E-state index contributed by atoms with van der Waals surface area (Å²) in [5, 5.41) is 9.86. The third-order valence-electron chi connectivity index (χ3n) is 3.41. The predicted molar refractivity (Wildman–Crippen MR) is 85.9 cm³/mol. The molecule has 0 bridgehead atoms. The van der Waals surface area contributed by atoms with Crippen LogP contribution in [0, 0.1) is 0 Å². The molecule has 1 N–H and O–H groups in total. The van der Waals surface area contributed by atoms with Gasteiger partial charge >= 0.3 is 5.97 Å². The molecule has 1 unspecified atom stereocenters. The number of carboxylic acids is 1. The molecule has 0 saturated heterocycles. The molecule has 110 valence electrons. The van der Waals surface area contributed by atoms with E-state index in [-0.39, 0.29) is 12.6 Å². The number of nitrogens with zero attached hydrogens (tertiary/aromatic N) is 1. The Morgan fingerprint density at radius 2 is 1.76 bits per heavy atom. The summed E-state index contributed by atoms with van der Waals surface area (Å²) in [7, 11) is 0. The van der Waals surface area contributed by atoms with Gasteiger partial charge in [0.05, 0.1) is 6.04 Å². The molecule has 2 rings (SSSR count). The maximum atomic E-state index is 11.2. The second-order valence-corrected chi connectivity index (χ2v) is 5.27. The van der Waals surface area contributed by atoms with E-state index in [9.17, 15) is 9.90 Å². The fourth-order valence-electron chi connectivity index (χ4n) is 2.47. The average molecular weight is 304 g/mol. The Morgan fingerprint density at radius 3 is 2.29 bits per heavy atom. The second kappa shape index (κ2) is 7.14. The van der Waals surface area contributed by atoms with Gasteiger partial charge in [-0.3, -0.25) is 4.79 Å². The fraction of sp³-hybridized carbons (Fsp3) is 0.235. The number of benzene rings is 2. The molecule has 0 fully saturated rings. The average Bonchev–Trinajstić information content (AvgIpc) is 2.48. The molecule has 0 saturated carbocycles. The maximum absolute atomic E-state index is 11.2. The van der Waals surface area contributed by atoms with Gasteiger partial charge in [0.1, 0.15) is 6.54 Å². The summed E-state index contributed by atoms with van der Waals surface area (Å²) in [5.74, 6) is -0.848. The third kappa shape index (κ3) is 3.99. The normalized spacial score (nSPS) is 11.9. The summed E-state index contributed by atoms with van der Waals surface area (Å²) < 4.78 is 0. The van der Waals surface area contributed by atoms with E-state index in [1.165, 1.54) is 0 Å². The third-order valence-corrected chi connectivity index (χ3v) is 3.66. The molecule has 2 aromatic carbocycles. The summed E-state index contributed by atoms with van der Waals surface area (Å²) in [5.41, 5.74) is 1.97. The standard InChI is InChI=1S/C17H18ClNO2/c1-2-16(13-6-4-3-5-7-13)19(12-17(20)21)15-10-8-14(18)9-11-15/h3-11,16H,2,12H2,1H3,(H,20,21). The minimum atomic E-state index is -0.848. The Labute approximate surface area is 129 Å². The Bertz CT molecular complexity index is 583. The van der Waals surface area contributed by atoms with Crippen molar-refractivity contribution in [1.29, 1.82) is 0 Å². The Balaban J connectivity index is 2.38. The van der Waals surface area contributed by atoms with Crippen LogP contribution in [0.5, 0.6) is 0 Å². The van der Waals surface area contributed by atoms with Crippen molar-refractivity contribution in [3.05, 3.63) is 65.2 Å². The zero-order valence-electron chi connectivity index (χ0n) is 11.9. The van der Waals surface area contributed by atoms with Gasteiger partial charge in [0, 0.05) is 10.7 Å². The van der Waals surface area contributed by atoms with E-state index in [0.717, 1.165) is 17.7 Å². The minimum absolute atomic E-state index is 0.0171. The number of hydrogen-bond donors (Lipinski definition) is 1. The molecule has 3 nitrogen and oxygen atoms in total. The molecule has 4 heteroatoms. The van der Waals surface area contributed by atoms with Crippen LogP contribution in [0.15, 0.2) is 54.6 Å². The molecule has 1 atom stereocenters. The van der Waals surface area contributed by atoms with Crippen LogP contribution in [0.4, 0.5) is 5.69 Å². The van der Waals surface area contributed by atoms with Crippen molar-refractivity contribution < 1.29 is 9.90 Å². The molecule has 0 heterocycles. The van der Waals surface area contributed by atoms with Crippen LogP contribution in [0.25, 0.3) is 0 Å². The first-order valence-corrected chi connectivity index (χ1v) is 7.28. The molecule has 0 aliphatic heterocycles. The Morgan fingerprint density at radius 1 is 1.14 bits per heavy atom. The molecule has 0 amide bonds. The van der Waals surface area contributed by atoms with Crippen LogP contribution in [0.3, 0.4) is 0 Å². The summed E-state index contributed by atoms with van der Waals surface area (Å²) >= 11 is 5.92. The molecule has 0 aliphatic rings.